The van der Waals surface area contributed by atoms with Crippen molar-refractivity contribution in [2.75, 3.05) is 5.32 Å². The molecule has 6 heteroatoms. The van der Waals surface area contributed by atoms with Crippen molar-refractivity contribution < 1.29 is 13.2 Å². The molecule has 0 atom stereocenters. The van der Waals surface area contributed by atoms with Crippen molar-refractivity contribution in [3.63, 3.8) is 0 Å². The van der Waals surface area contributed by atoms with E-state index in [4.69, 9.17) is 5.26 Å². The fraction of sp³-hybridized carbons (Fsp3) is 0. The van der Waals surface area contributed by atoms with E-state index in [-0.39, 0.29) is 16.9 Å². The molecule has 2 aromatic carbocycles. The maximum atomic E-state index is 13.5. The lowest BCUT2D eigenvalue weighted by molar-refractivity contribution is 0.509. The third kappa shape index (κ3) is 2.44. The lowest BCUT2D eigenvalue weighted by atomic mass is 10.1. The zero-order valence-corrected chi connectivity index (χ0v) is 11.1. The second-order valence-electron chi connectivity index (χ2n) is 4.57. The van der Waals surface area contributed by atoms with Gasteiger partial charge in [0.15, 0.2) is 11.6 Å². The van der Waals surface area contributed by atoms with Crippen molar-refractivity contribution >= 4 is 22.3 Å². The number of halogens is 3. The standard InChI is InChI=1S/C16H8F3N3/c17-10-1-4-15-12(5-10)16(9(7-20)8-21-15)22-11-2-3-13(18)14(19)6-11/h1-6,8H,(H,21,22). The van der Waals surface area contributed by atoms with Gasteiger partial charge in [-0.1, -0.05) is 0 Å². The quantitative estimate of drug-likeness (QED) is 0.769. The number of hydrogen-bond acceptors (Lipinski definition) is 3. The van der Waals surface area contributed by atoms with E-state index in [0.29, 0.717) is 10.9 Å². The molecule has 0 unspecified atom stereocenters. The Morgan fingerprint density at radius 2 is 1.82 bits per heavy atom. The minimum Gasteiger partial charge on any atom is -0.354 e. The van der Waals surface area contributed by atoms with Gasteiger partial charge in [0, 0.05) is 23.3 Å². The Labute approximate surface area is 123 Å². The molecular formula is C16H8F3N3. The summed E-state index contributed by atoms with van der Waals surface area (Å²) in [7, 11) is 0. The van der Waals surface area contributed by atoms with Crippen LogP contribution in [-0.4, -0.2) is 4.98 Å². The van der Waals surface area contributed by atoms with E-state index >= 15 is 0 Å². The van der Waals surface area contributed by atoms with Gasteiger partial charge in [-0.25, -0.2) is 13.2 Å². The van der Waals surface area contributed by atoms with Crippen LogP contribution in [0.5, 0.6) is 0 Å². The number of fused-ring (bicyclic) bond motifs is 1. The van der Waals surface area contributed by atoms with Crippen LogP contribution in [0, 0.1) is 28.8 Å². The second-order valence-corrected chi connectivity index (χ2v) is 4.57. The minimum absolute atomic E-state index is 0.169. The van der Waals surface area contributed by atoms with Gasteiger partial charge in [-0.3, -0.25) is 4.98 Å². The Morgan fingerprint density at radius 1 is 1.00 bits per heavy atom. The molecule has 0 aliphatic heterocycles. The van der Waals surface area contributed by atoms with Crippen LogP contribution < -0.4 is 5.32 Å². The first-order chi connectivity index (χ1) is 10.6. The summed E-state index contributed by atoms with van der Waals surface area (Å²) in [4.78, 5) is 4.06. The van der Waals surface area contributed by atoms with Crippen molar-refractivity contribution in [3.05, 3.63) is 65.6 Å². The smallest absolute Gasteiger partial charge is 0.160 e. The molecule has 0 spiro atoms. The van der Waals surface area contributed by atoms with E-state index in [1.807, 2.05) is 6.07 Å². The molecule has 0 fully saturated rings. The fourth-order valence-electron chi connectivity index (χ4n) is 2.10. The first-order valence-electron chi connectivity index (χ1n) is 6.29. The van der Waals surface area contributed by atoms with Crippen LogP contribution in [0.3, 0.4) is 0 Å². The van der Waals surface area contributed by atoms with E-state index < -0.39 is 17.5 Å². The summed E-state index contributed by atoms with van der Waals surface area (Å²) in [5, 5.41) is 12.4. The van der Waals surface area contributed by atoms with Crippen LogP contribution >= 0.6 is 0 Å². The molecule has 0 aliphatic carbocycles. The van der Waals surface area contributed by atoms with E-state index in [9.17, 15) is 13.2 Å². The van der Waals surface area contributed by atoms with Crippen LogP contribution in [0.1, 0.15) is 5.56 Å². The van der Waals surface area contributed by atoms with Crippen molar-refractivity contribution in [2.24, 2.45) is 0 Å². The maximum Gasteiger partial charge on any atom is 0.160 e. The fourth-order valence-corrected chi connectivity index (χ4v) is 2.10. The van der Waals surface area contributed by atoms with E-state index in [1.54, 1.807) is 0 Å². The van der Waals surface area contributed by atoms with Gasteiger partial charge in [-0.15, -0.1) is 0 Å². The normalized spacial score (nSPS) is 10.5. The number of rotatable bonds is 2. The van der Waals surface area contributed by atoms with Crippen molar-refractivity contribution in [2.45, 2.75) is 0 Å². The van der Waals surface area contributed by atoms with Gasteiger partial charge in [-0.05, 0) is 30.3 Å². The van der Waals surface area contributed by atoms with Gasteiger partial charge < -0.3 is 5.32 Å². The van der Waals surface area contributed by atoms with Crippen molar-refractivity contribution in [3.8, 4) is 6.07 Å². The first kappa shape index (κ1) is 13.9. The van der Waals surface area contributed by atoms with Crippen LogP contribution in [0.2, 0.25) is 0 Å². The van der Waals surface area contributed by atoms with Gasteiger partial charge in [0.25, 0.3) is 0 Å². The summed E-state index contributed by atoms with van der Waals surface area (Å²) in [6.45, 7) is 0. The molecule has 1 N–H and O–H groups in total. The summed E-state index contributed by atoms with van der Waals surface area (Å²) in [5.41, 5.74) is 1.18. The number of aromatic nitrogens is 1. The number of anilines is 2. The van der Waals surface area contributed by atoms with Crippen LogP contribution in [0.15, 0.2) is 42.6 Å². The highest BCUT2D eigenvalue weighted by atomic mass is 19.2. The topological polar surface area (TPSA) is 48.7 Å². The Morgan fingerprint density at radius 3 is 2.55 bits per heavy atom. The first-order valence-corrected chi connectivity index (χ1v) is 6.29. The number of pyridine rings is 1. The third-order valence-electron chi connectivity index (χ3n) is 3.14. The molecule has 22 heavy (non-hydrogen) atoms. The van der Waals surface area contributed by atoms with E-state index in [1.165, 1.54) is 30.5 Å². The summed E-state index contributed by atoms with van der Waals surface area (Å²) in [6, 6.07) is 9.14. The highest BCUT2D eigenvalue weighted by Gasteiger charge is 2.11. The molecule has 3 rings (SSSR count). The third-order valence-corrected chi connectivity index (χ3v) is 3.14. The van der Waals surface area contributed by atoms with Crippen molar-refractivity contribution in [1.82, 2.24) is 4.98 Å². The van der Waals surface area contributed by atoms with E-state index in [0.717, 1.165) is 12.1 Å². The maximum absolute atomic E-state index is 13.5. The monoisotopic (exact) mass is 299 g/mol. The molecule has 1 heterocycles. The average molecular weight is 299 g/mol. The predicted molar refractivity (Wildman–Crippen MR) is 76.1 cm³/mol. The highest BCUT2D eigenvalue weighted by molar-refractivity contribution is 5.95. The Kier molecular flexibility index (Phi) is 3.39. The summed E-state index contributed by atoms with van der Waals surface area (Å²) >= 11 is 0. The Bertz CT molecular complexity index is 916. The van der Waals surface area contributed by atoms with E-state index in [2.05, 4.69) is 10.3 Å². The lowest BCUT2D eigenvalue weighted by Gasteiger charge is -2.11. The van der Waals surface area contributed by atoms with Gasteiger partial charge in [0.05, 0.1) is 16.8 Å². The van der Waals surface area contributed by atoms with Gasteiger partial charge in [-0.2, -0.15) is 5.26 Å². The molecule has 0 bridgehead atoms. The molecule has 0 saturated heterocycles. The predicted octanol–water partition coefficient (Wildman–Crippen LogP) is 4.27. The number of benzene rings is 2. The highest BCUT2D eigenvalue weighted by Crippen LogP contribution is 2.29. The number of nitrogens with zero attached hydrogens (tertiary/aromatic N) is 2. The van der Waals surface area contributed by atoms with Gasteiger partial charge in [0.2, 0.25) is 0 Å². The lowest BCUT2D eigenvalue weighted by Crippen LogP contribution is -1.98. The molecule has 1 aromatic heterocycles. The minimum atomic E-state index is -1.02. The van der Waals surface area contributed by atoms with Gasteiger partial charge in [0.1, 0.15) is 11.9 Å². The molecule has 0 aliphatic rings. The Hall–Kier alpha value is -3.07. The zero-order chi connectivity index (χ0) is 15.7. The number of nitriles is 1. The van der Waals surface area contributed by atoms with Crippen LogP contribution in [-0.2, 0) is 0 Å². The van der Waals surface area contributed by atoms with Crippen LogP contribution in [0.4, 0.5) is 24.5 Å². The summed E-state index contributed by atoms with van der Waals surface area (Å²) in [5.74, 6) is -2.48. The SMILES string of the molecule is N#Cc1cnc2ccc(F)cc2c1Nc1ccc(F)c(F)c1. The van der Waals surface area contributed by atoms with Gasteiger partial charge >= 0.3 is 0 Å². The second kappa shape index (κ2) is 5.37. The average Bonchev–Trinajstić information content (AvgIpc) is 2.51. The van der Waals surface area contributed by atoms with Crippen LogP contribution in [0.25, 0.3) is 10.9 Å². The molecule has 108 valence electrons. The molecule has 3 aromatic rings. The molecular weight excluding hydrogens is 291 g/mol. The summed E-state index contributed by atoms with van der Waals surface area (Å²) < 4.78 is 39.7. The zero-order valence-electron chi connectivity index (χ0n) is 11.1. The number of hydrogen-bond donors (Lipinski definition) is 1. The Balaban J connectivity index is 2.17. The molecule has 3 nitrogen and oxygen atoms in total. The molecule has 0 saturated carbocycles. The van der Waals surface area contributed by atoms with Crippen molar-refractivity contribution in [1.29, 1.82) is 5.26 Å². The largest absolute Gasteiger partial charge is 0.354 e. The number of nitrogens with one attached hydrogen (secondary N) is 1. The molecule has 0 radical (unpaired) electrons. The molecule has 0 amide bonds. The summed E-state index contributed by atoms with van der Waals surface area (Å²) in [6.07, 6.45) is 1.34.